The maximum absolute atomic E-state index is 12.3. The number of carbonyl (C=O) groups is 1. The highest BCUT2D eigenvalue weighted by Gasteiger charge is 2.21. The number of nitrogens with zero attached hydrogens (tertiary/aromatic N) is 1. The summed E-state index contributed by atoms with van der Waals surface area (Å²) in [5.41, 5.74) is 1.52. The molecule has 0 spiro atoms. The molecule has 2 aromatic carbocycles. The number of hydrogen-bond acceptors (Lipinski definition) is 4. The summed E-state index contributed by atoms with van der Waals surface area (Å²) in [6, 6.07) is 16.6. The van der Waals surface area contributed by atoms with Gasteiger partial charge in [-0.3, -0.25) is 9.10 Å². The van der Waals surface area contributed by atoms with Crippen molar-refractivity contribution in [2.24, 2.45) is 0 Å². The van der Waals surface area contributed by atoms with E-state index < -0.39 is 10.0 Å². The van der Waals surface area contributed by atoms with Gasteiger partial charge in [-0.25, -0.2) is 8.42 Å². The Balaban J connectivity index is 1.99. The molecule has 0 aliphatic heterocycles. The monoisotopic (exact) mass is 404 g/mol. The van der Waals surface area contributed by atoms with Crippen LogP contribution in [-0.4, -0.2) is 33.7 Å². The first-order valence-corrected chi connectivity index (χ1v) is 11.2. The number of carbonyl (C=O) groups excluding carboxylic acids is 1. The molecule has 0 heterocycles. The van der Waals surface area contributed by atoms with Gasteiger partial charge in [0.25, 0.3) is 0 Å². The first kappa shape index (κ1) is 21.8. The number of benzene rings is 2. The zero-order valence-corrected chi connectivity index (χ0v) is 17.4. The first-order valence-electron chi connectivity index (χ1n) is 9.36. The lowest BCUT2D eigenvalue weighted by molar-refractivity contribution is -0.121. The first-order chi connectivity index (χ1) is 13.3. The van der Waals surface area contributed by atoms with Crippen molar-refractivity contribution >= 4 is 21.6 Å². The number of nitrogens with one attached hydrogen (secondary N) is 1. The van der Waals surface area contributed by atoms with E-state index in [1.165, 1.54) is 4.31 Å². The molecule has 0 aliphatic rings. The zero-order valence-electron chi connectivity index (χ0n) is 16.6. The average molecular weight is 405 g/mol. The highest BCUT2D eigenvalue weighted by atomic mass is 32.2. The van der Waals surface area contributed by atoms with E-state index in [1.54, 1.807) is 24.3 Å². The Kier molecular flexibility index (Phi) is 7.87. The summed E-state index contributed by atoms with van der Waals surface area (Å²) in [6.07, 6.45) is 1.80. The van der Waals surface area contributed by atoms with E-state index in [9.17, 15) is 13.2 Å². The van der Waals surface area contributed by atoms with Crippen molar-refractivity contribution in [3.8, 4) is 5.75 Å². The topological polar surface area (TPSA) is 75.7 Å². The highest BCUT2D eigenvalue weighted by Crippen LogP contribution is 2.30. The Morgan fingerprint density at radius 1 is 1.11 bits per heavy atom. The normalized spacial score (nSPS) is 12.2. The number of ether oxygens (including phenoxy) is 1. The van der Waals surface area contributed by atoms with Gasteiger partial charge < -0.3 is 10.1 Å². The molecule has 0 fully saturated rings. The maximum atomic E-state index is 12.3. The summed E-state index contributed by atoms with van der Waals surface area (Å²) in [6.45, 7) is 4.42. The average Bonchev–Trinajstić information content (AvgIpc) is 2.66. The Hall–Kier alpha value is -2.54. The van der Waals surface area contributed by atoms with Crippen molar-refractivity contribution < 1.29 is 17.9 Å². The molecule has 0 aliphatic carbocycles. The molecule has 0 bridgehead atoms. The molecule has 1 amide bonds. The van der Waals surface area contributed by atoms with E-state index in [2.05, 4.69) is 5.32 Å². The van der Waals surface area contributed by atoms with Gasteiger partial charge in [0.05, 0.1) is 24.6 Å². The predicted octanol–water partition coefficient (Wildman–Crippen LogP) is 3.51. The van der Waals surface area contributed by atoms with Crippen LogP contribution in [0.25, 0.3) is 0 Å². The Bertz CT molecular complexity index is 869. The number of sulfonamides is 1. The minimum Gasteiger partial charge on any atom is -0.492 e. The van der Waals surface area contributed by atoms with Crippen LogP contribution in [0.4, 0.5) is 5.69 Å². The Labute approximate surface area is 167 Å². The van der Waals surface area contributed by atoms with Gasteiger partial charge in [-0.05, 0) is 38.0 Å². The Morgan fingerprint density at radius 3 is 2.39 bits per heavy atom. The molecule has 1 N–H and O–H groups in total. The van der Waals surface area contributed by atoms with E-state index in [-0.39, 0.29) is 24.9 Å². The predicted molar refractivity (Wildman–Crippen MR) is 112 cm³/mol. The molecule has 2 aromatic rings. The van der Waals surface area contributed by atoms with Crippen molar-refractivity contribution in [2.45, 2.75) is 32.7 Å². The molecule has 6 nitrogen and oxygen atoms in total. The molecule has 152 valence electrons. The fraction of sp³-hybridized carbons (Fsp3) is 0.381. The quantitative estimate of drug-likeness (QED) is 0.657. The largest absolute Gasteiger partial charge is 0.492 e. The molecule has 0 radical (unpaired) electrons. The third kappa shape index (κ3) is 6.27. The summed E-state index contributed by atoms with van der Waals surface area (Å²) in [5.74, 6) is 0.403. The van der Waals surface area contributed by atoms with Gasteiger partial charge in [0.2, 0.25) is 15.9 Å². The van der Waals surface area contributed by atoms with Crippen LogP contribution in [0.5, 0.6) is 5.75 Å². The lowest BCUT2D eigenvalue weighted by Gasteiger charge is -2.24. The van der Waals surface area contributed by atoms with Crippen LogP contribution in [0.2, 0.25) is 0 Å². The minimum atomic E-state index is -3.50. The molecule has 1 atom stereocenters. The van der Waals surface area contributed by atoms with Crippen LogP contribution in [0.15, 0.2) is 54.6 Å². The maximum Gasteiger partial charge on any atom is 0.232 e. The lowest BCUT2D eigenvalue weighted by Crippen LogP contribution is -2.33. The molecule has 28 heavy (non-hydrogen) atoms. The van der Waals surface area contributed by atoms with Gasteiger partial charge in [0.1, 0.15) is 5.75 Å². The smallest absolute Gasteiger partial charge is 0.232 e. The van der Waals surface area contributed by atoms with E-state index in [0.29, 0.717) is 24.5 Å². The van der Waals surface area contributed by atoms with Gasteiger partial charge in [-0.2, -0.15) is 0 Å². The third-order valence-corrected chi connectivity index (χ3v) is 5.46. The molecule has 0 saturated heterocycles. The number of rotatable bonds is 10. The van der Waals surface area contributed by atoms with Crippen LogP contribution in [0, 0.1) is 0 Å². The minimum absolute atomic E-state index is 0.0987. The summed E-state index contributed by atoms with van der Waals surface area (Å²) in [5, 5.41) is 2.95. The molecule has 7 heteroatoms. The van der Waals surface area contributed by atoms with Gasteiger partial charge >= 0.3 is 0 Å². The fourth-order valence-corrected chi connectivity index (χ4v) is 3.90. The Morgan fingerprint density at radius 2 is 1.75 bits per heavy atom. The third-order valence-electron chi connectivity index (χ3n) is 4.28. The van der Waals surface area contributed by atoms with E-state index in [4.69, 9.17) is 4.74 Å². The van der Waals surface area contributed by atoms with Crippen molar-refractivity contribution in [3.05, 3.63) is 60.2 Å². The molecular weight excluding hydrogens is 376 g/mol. The van der Waals surface area contributed by atoms with Crippen LogP contribution < -0.4 is 14.4 Å². The molecule has 0 unspecified atom stereocenters. The van der Waals surface area contributed by atoms with E-state index >= 15 is 0 Å². The second-order valence-electron chi connectivity index (χ2n) is 6.54. The van der Waals surface area contributed by atoms with Crippen LogP contribution >= 0.6 is 0 Å². The SMILES string of the molecule is CCOc1ccccc1N(CCCC(=O)N[C@@H](C)c1ccccc1)S(C)(=O)=O. The number of hydrogen-bond donors (Lipinski definition) is 1. The van der Waals surface area contributed by atoms with E-state index in [0.717, 1.165) is 11.8 Å². The number of para-hydroxylation sites is 2. The molecular formula is C21H28N2O4S. The van der Waals surface area contributed by atoms with Crippen molar-refractivity contribution in [1.82, 2.24) is 5.32 Å². The molecule has 0 saturated carbocycles. The summed E-state index contributed by atoms with van der Waals surface area (Å²) < 4.78 is 31.4. The zero-order chi connectivity index (χ0) is 20.6. The van der Waals surface area contributed by atoms with Crippen molar-refractivity contribution in [3.63, 3.8) is 0 Å². The van der Waals surface area contributed by atoms with Crippen LogP contribution in [-0.2, 0) is 14.8 Å². The van der Waals surface area contributed by atoms with Crippen LogP contribution in [0.1, 0.15) is 38.3 Å². The standard InChI is InChI=1S/C21H28N2O4S/c1-4-27-20-14-9-8-13-19(20)23(28(3,25)26)16-10-15-21(24)22-17(2)18-11-6-5-7-12-18/h5-9,11-14,17H,4,10,15-16H2,1-3H3,(H,22,24)/t17-/m0/s1. The van der Waals surface area contributed by atoms with E-state index in [1.807, 2.05) is 44.2 Å². The molecule has 0 aromatic heterocycles. The molecule has 2 rings (SSSR count). The second kappa shape index (κ2) is 10.1. The summed E-state index contributed by atoms with van der Waals surface area (Å²) in [7, 11) is -3.50. The van der Waals surface area contributed by atoms with Gasteiger partial charge in [-0.15, -0.1) is 0 Å². The van der Waals surface area contributed by atoms with Gasteiger partial charge in [0, 0.05) is 13.0 Å². The number of anilines is 1. The summed E-state index contributed by atoms with van der Waals surface area (Å²) in [4.78, 5) is 12.3. The fourth-order valence-electron chi connectivity index (χ4n) is 2.93. The highest BCUT2D eigenvalue weighted by molar-refractivity contribution is 7.92. The van der Waals surface area contributed by atoms with Crippen LogP contribution in [0.3, 0.4) is 0 Å². The lowest BCUT2D eigenvalue weighted by atomic mass is 10.1. The number of amides is 1. The second-order valence-corrected chi connectivity index (χ2v) is 8.45. The van der Waals surface area contributed by atoms with Crippen molar-refractivity contribution in [1.29, 1.82) is 0 Å². The summed E-state index contributed by atoms with van der Waals surface area (Å²) >= 11 is 0. The van der Waals surface area contributed by atoms with Crippen molar-refractivity contribution in [2.75, 3.05) is 23.7 Å². The van der Waals surface area contributed by atoms with Gasteiger partial charge in [-0.1, -0.05) is 42.5 Å². The van der Waals surface area contributed by atoms with Gasteiger partial charge in [0.15, 0.2) is 0 Å².